The van der Waals surface area contributed by atoms with Crippen LogP contribution in [0.15, 0.2) is 46.9 Å². The molecule has 0 bridgehead atoms. The van der Waals surface area contributed by atoms with E-state index in [-0.39, 0.29) is 12.1 Å². The number of nitrogen functional groups attached to an aromatic ring is 1. The van der Waals surface area contributed by atoms with E-state index in [1.165, 1.54) is 0 Å². The highest BCUT2D eigenvalue weighted by atomic mass is 79.9. The van der Waals surface area contributed by atoms with Crippen molar-refractivity contribution in [2.24, 2.45) is 0 Å². The molecule has 0 spiro atoms. The van der Waals surface area contributed by atoms with Crippen molar-refractivity contribution in [3.05, 3.63) is 63.6 Å². The molecule has 2 aromatic rings. The van der Waals surface area contributed by atoms with Gasteiger partial charge in [0.05, 0.1) is 0 Å². The topological polar surface area (TPSA) is 61.6 Å². The minimum Gasteiger partial charge on any atom is -0.398 e. The predicted molar refractivity (Wildman–Crippen MR) is 83.0 cm³/mol. The summed E-state index contributed by atoms with van der Waals surface area (Å²) in [4.78, 5) is 12.5. The number of hydrogen-bond donors (Lipinski definition) is 1. The molecule has 1 aliphatic heterocycles. The number of ether oxygens (including phenoxy) is 2. The fourth-order valence-corrected chi connectivity index (χ4v) is 2.47. The third-order valence-corrected chi connectivity index (χ3v) is 3.97. The smallest absolute Gasteiger partial charge is 0.195 e. The summed E-state index contributed by atoms with van der Waals surface area (Å²) in [6.07, 6.45) is 0.290. The third-order valence-electron chi connectivity index (χ3n) is 3.44. The number of hydrogen-bond acceptors (Lipinski definition) is 4. The first-order chi connectivity index (χ1) is 10.1. The second-order valence-electron chi connectivity index (χ2n) is 4.80. The Morgan fingerprint density at radius 1 is 1.19 bits per heavy atom. The van der Waals surface area contributed by atoms with Gasteiger partial charge in [-0.3, -0.25) is 4.79 Å². The van der Waals surface area contributed by atoms with Gasteiger partial charge in [-0.15, -0.1) is 0 Å². The lowest BCUT2D eigenvalue weighted by Crippen LogP contribution is -2.32. The van der Waals surface area contributed by atoms with Crippen LogP contribution in [0.25, 0.3) is 0 Å². The van der Waals surface area contributed by atoms with E-state index in [9.17, 15) is 4.79 Å². The molecule has 0 aromatic heterocycles. The number of rotatable bonds is 4. The maximum Gasteiger partial charge on any atom is 0.195 e. The Hall–Kier alpha value is -1.69. The van der Waals surface area contributed by atoms with Crippen molar-refractivity contribution in [1.82, 2.24) is 0 Å². The van der Waals surface area contributed by atoms with Crippen molar-refractivity contribution >= 4 is 27.4 Å². The number of carbonyl (C=O) groups is 1. The lowest BCUT2D eigenvalue weighted by molar-refractivity contribution is -0.318. The van der Waals surface area contributed by atoms with Gasteiger partial charge in [0, 0.05) is 27.7 Å². The van der Waals surface area contributed by atoms with Crippen molar-refractivity contribution in [3.8, 4) is 0 Å². The normalized spacial score (nSPS) is 14.7. The Morgan fingerprint density at radius 2 is 1.90 bits per heavy atom. The van der Waals surface area contributed by atoms with Crippen LogP contribution >= 0.6 is 15.9 Å². The van der Waals surface area contributed by atoms with Crippen LogP contribution < -0.4 is 5.73 Å². The Balaban J connectivity index is 1.88. The van der Waals surface area contributed by atoms with E-state index >= 15 is 0 Å². The van der Waals surface area contributed by atoms with Crippen LogP contribution in [0.3, 0.4) is 0 Å². The quantitative estimate of drug-likeness (QED) is 0.681. The van der Waals surface area contributed by atoms with E-state index < -0.39 is 0 Å². The lowest BCUT2D eigenvalue weighted by Gasteiger charge is -2.27. The number of nitrogens with two attached hydrogens (primary N) is 1. The maximum absolute atomic E-state index is 12.5. The fraction of sp³-hybridized carbons (Fsp3) is 0.188. The maximum atomic E-state index is 12.5. The average Bonchev–Trinajstić information content (AvgIpc) is 2.44. The van der Waals surface area contributed by atoms with Crippen LogP contribution in [0.4, 0.5) is 5.69 Å². The molecule has 21 heavy (non-hydrogen) atoms. The SMILES string of the molecule is Nc1c(CC2OCO2)cccc1C(=O)c1ccc(Br)cc1. The van der Waals surface area contributed by atoms with E-state index in [1.807, 2.05) is 24.3 Å². The second-order valence-corrected chi connectivity index (χ2v) is 5.71. The summed E-state index contributed by atoms with van der Waals surface area (Å²) in [7, 11) is 0. The predicted octanol–water partition coefficient (Wildman–Crippen LogP) is 3.14. The first kappa shape index (κ1) is 14.3. The van der Waals surface area contributed by atoms with Gasteiger partial charge in [-0.2, -0.15) is 0 Å². The molecule has 0 unspecified atom stereocenters. The summed E-state index contributed by atoms with van der Waals surface area (Å²) in [5.74, 6) is -0.0858. The molecule has 1 aliphatic rings. The number of anilines is 1. The minimum atomic E-state index is -0.259. The highest BCUT2D eigenvalue weighted by molar-refractivity contribution is 9.10. The molecule has 5 heteroatoms. The zero-order chi connectivity index (χ0) is 14.8. The Labute approximate surface area is 131 Å². The van der Waals surface area contributed by atoms with Crippen molar-refractivity contribution in [2.45, 2.75) is 12.7 Å². The molecule has 0 aliphatic carbocycles. The van der Waals surface area contributed by atoms with Crippen LogP contribution in [0.2, 0.25) is 0 Å². The standard InChI is InChI=1S/C16H14BrNO3/c17-12-6-4-10(5-7-12)16(19)13-3-1-2-11(15(13)18)8-14-20-9-21-14/h1-7,14H,8-9,18H2. The highest BCUT2D eigenvalue weighted by Gasteiger charge is 2.22. The molecule has 4 nitrogen and oxygen atoms in total. The molecule has 2 N–H and O–H groups in total. The van der Waals surface area contributed by atoms with E-state index in [2.05, 4.69) is 15.9 Å². The van der Waals surface area contributed by atoms with Crippen LogP contribution in [0, 0.1) is 0 Å². The summed E-state index contributed by atoms with van der Waals surface area (Å²) < 4.78 is 11.4. The van der Waals surface area contributed by atoms with Gasteiger partial charge in [0.25, 0.3) is 0 Å². The number of para-hydroxylation sites is 1. The summed E-state index contributed by atoms with van der Waals surface area (Å²) in [6.45, 7) is 0.322. The molecule has 1 saturated heterocycles. The van der Waals surface area contributed by atoms with Gasteiger partial charge in [-0.1, -0.05) is 28.1 Å². The Morgan fingerprint density at radius 3 is 2.52 bits per heavy atom. The molecule has 0 radical (unpaired) electrons. The summed E-state index contributed by atoms with van der Waals surface area (Å²) >= 11 is 3.35. The van der Waals surface area contributed by atoms with Gasteiger partial charge < -0.3 is 15.2 Å². The molecule has 0 amide bonds. The van der Waals surface area contributed by atoms with Crippen LogP contribution in [-0.2, 0) is 15.9 Å². The molecular formula is C16H14BrNO3. The van der Waals surface area contributed by atoms with E-state index in [1.54, 1.807) is 18.2 Å². The van der Waals surface area contributed by atoms with Gasteiger partial charge in [0.15, 0.2) is 18.9 Å². The first-order valence-corrected chi connectivity index (χ1v) is 7.35. The van der Waals surface area contributed by atoms with Gasteiger partial charge >= 0.3 is 0 Å². The van der Waals surface area contributed by atoms with Crippen molar-refractivity contribution < 1.29 is 14.3 Å². The first-order valence-electron chi connectivity index (χ1n) is 6.56. The highest BCUT2D eigenvalue weighted by Crippen LogP contribution is 2.25. The zero-order valence-corrected chi connectivity index (χ0v) is 12.8. The molecule has 1 heterocycles. The van der Waals surface area contributed by atoms with Crippen LogP contribution in [0.1, 0.15) is 21.5 Å². The van der Waals surface area contributed by atoms with Gasteiger partial charge in [-0.25, -0.2) is 0 Å². The molecule has 2 aromatic carbocycles. The molecule has 3 rings (SSSR count). The average molecular weight is 348 g/mol. The second kappa shape index (κ2) is 5.97. The van der Waals surface area contributed by atoms with E-state index in [4.69, 9.17) is 15.2 Å². The van der Waals surface area contributed by atoms with Crippen LogP contribution in [-0.4, -0.2) is 18.9 Å². The van der Waals surface area contributed by atoms with E-state index in [0.29, 0.717) is 30.0 Å². The molecule has 0 atom stereocenters. The summed E-state index contributed by atoms with van der Waals surface area (Å²) in [6, 6.07) is 12.7. The van der Waals surface area contributed by atoms with Gasteiger partial charge in [-0.05, 0) is 35.9 Å². The lowest BCUT2D eigenvalue weighted by atomic mass is 9.97. The number of halogens is 1. The number of carbonyl (C=O) groups excluding carboxylic acids is 1. The van der Waals surface area contributed by atoms with Gasteiger partial charge in [0.2, 0.25) is 0 Å². The summed E-state index contributed by atoms with van der Waals surface area (Å²) in [5.41, 5.74) is 8.61. The fourth-order valence-electron chi connectivity index (χ4n) is 2.21. The monoisotopic (exact) mass is 347 g/mol. The molecule has 0 saturated carbocycles. The molecule has 1 fully saturated rings. The van der Waals surface area contributed by atoms with Crippen molar-refractivity contribution in [2.75, 3.05) is 12.5 Å². The Kier molecular flexibility index (Phi) is 4.05. The Bertz CT molecular complexity index is 666. The van der Waals surface area contributed by atoms with Gasteiger partial charge in [0.1, 0.15) is 0 Å². The van der Waals surface area contributed by atoms with E-state index in [0.717, 1.165) is 10.0 Å². The van der Waals surface area contributed by atoms with Crippen molar-refractivity contribution in [3.63, 3.8) is 0 Å². The van der Waals surface area contributed by atoms with Crippen molar-refractivity contribution in [1.29, 1.82) is 0 Å². The summed E-state index contributed by atoms with van der Waals surface area (Å²) in [5, 5.41) is 0. The number of ketones is 1. The largest absolute Gasteiger partial charge is 0.398 e. The zero-order valence-electron chi connectivity index (χ0n) is 11.2. The number of benzene rings is 2. The van der Waals surface area contributed by atoms with Crippen LogP contribution in [0.5, 0.6) is 0 Å². The molecular weight excluding hydrogens is 334 g/mol. The minimum absolute atomic E-state index is 0.0858. The molecule has 108 valence electrons. The third kappa shape index (κ3) is 3.00.